The summed E-state index contributed by atoms with van der Waals surface area (Å²) in [6.07, 6.45) is 4.50. The maximum atomic E-state index is 4.55. The van der Waals surface area contributed by atoms with Gasteiger partial charge in [0.15, 0.2) is 0 Å². The number of aryl methyl sites for hydroxylation is 1. The number of nitrogens with zero attached hydrogens (tertiary/aromatic N) is 2. The molecule has 1 aliphatic rings. The third kappa shape index (κ3) is 3.01. The van der Waals surface area contributed by atoms with Crippen LogP contribution < -0.4 is 4.90 Å². The highest BCUT2D eigenvalue weighted by Gasteiger charge is 2.22. The van der Waals surface area contributed by atoms with Gasteiger partial charge >= 0.3 is 0 Å². The van der Waals surface area contributed by atoms with Gasteiger partial charge in [-0.1, -0.05) is 13.8 Å². The maximum Gasteiger partial charge on any atom is 0.131 e. The number of halogens is 1. The van der Waals surface area contributed by atoms with Crippen LogP contribution in [0.1, 0.15) is 32.3 Å². The van der Waals surface area contributed by atoms with Gasteiger partial charge in [-0.15, -0.1) is 0 Å². The summed E-state index contributed by atoms with van der Waals surface area (Å²) >= 11 is 3.47. The van der Waals surface area contributed by atoms with Crippen molar-refractivity contribution in [1.29, 1.82) is 0 Å². The standard InChI is InChI=1S/C14H21BrN2/c1-10(2)12-4-6-17(7-5-12)14-11(3)8-13(15)9-16-14/h8-10,12H,4-7H2,1-3H3. The minimum absolute atomic E-state index is 0.816. The van der Waals surface area contributed by atoms with Crippen molar-refractivity contribution in [3.8, 4) is 0 Å². The van der Waals surface area contributed by atoms with Crippen molar-refractivity contribution in [3.05, 3.63) is 22.3 Å². The average Bonchev–Trinajstić information content (AvgIpc) is 2.29. The van der Waals surface area contributed by atoms with E-state index in [0.717, 1.165) is 35.2 Å². The molecule has 1 fully saturated rings. The summed E-state index contributed by atoms with van der Waals surface area (Å²) in [4.78, 5) is 6.98. The summed E-state index contributed by atoms with van der Waals surface area (Å²) in [5.74, 6) is 2.87. The monoisotopic (exact) mass is 296 g/mol. The van der Waals surface area contributed by atoms with Crippen LogP contribution >= 0.6 is 15.9 Å². The molecule has 1 aromatic heterocycles. The Kier molecular flexibility index (Phi) is 4.08. The molecule has 1 saturated heterocycles. The normalized spacial score (nSPS) is 17.8. The van der Waals surface area contributed by atoms with E-state index in [0.29, 0.717) is 0 Å². The Balaban J connectivity index is 2.05. The van der Waals surface area contributed by atoms with E-state index in [1.54, 1.807) is 0 Å². The van der Waals surface area contributed by atoms with Crippen molar-refractivity contribution in [2.45, 2.75) is 33.6 Å². The van der Waals surface area contributed by atoms with Crippen LogP contribution in [0.3, 0.4) is 0 Å². The lowest BCUT2D eigenvalue weighted by molar-refractivity contribution is 0.310. The average molecular weight is 297 g/mol. The lowest BCUT2D eigenvalue weighted by atomic mass is 9.86. The van der Waals surface area contributed by atoms with Gasteiger partial charge < -0.3 is 4.90 Å². The van der Waals surface area contributed by atoms with E-state index in [1.807, 2.05) is 6.20 Å². The molecule has 2 nitrogen and oxygen atoms in total. The van der Waals surface area contributed by atoms with E-state index >= 15 is 0 Å². The number of hydrogen-bond acceptors (Lipinski definition) is 2. The van der Waals surface area contributed by atoms with Crippen molar-refractivity contribution in [3.63, 3.8) is 0 Å². The highest BCUT2D eigenvalue weighted by atomic mass is 79.9. The Labute approximate surface area is 113 Å². The fraction of sp³-hybridized carbons (Fsp3) is 0.643. The molecule has 2 heterocycles. The summed E-state index contributed by atoms with van der Waals surface area (Å²) in [6, 6.07) is 2.15. The SMILES string of the molecule is Cc1cc(Br)cnc1N1CCC(C(C)C)CC1. The summed E-state index contributed by atoms with van der Waals surface area (Å²) in [7, 11) is 0. The van der Waals surface area contributed by atoms with Gasteiger partial charge in [0.25, 0.3) is 0 Å². The third-order valence-corrected chi connectivity index (χ3v) is 4.23. The first-order chi connectivity index (χ1) is 8.08. The quantitative estimate of drug-likeness (QED) is 0.819. The van der Waals surface area contributed by atoms with Crippen molar-refractivity contribution >= 4 is 21.7 Å². The van der Waals surface area contributed by atoms with Gasteiger partial charge in [0.1, 0.15) is 5.82 Å². The second kappa shape index (κ2) is 5.38. The summed E-state index contributed by atoms with van der Waals surface area (Å²) < 4.78 is 1.07. The lowest BCUT2D eigenvalue weighted by Crippen LogP contribution is -2.36. The van der Waals surface area contributed by atoms with Crippen LogP contribution in [0, 0.1) is 18.8 Å². The molecule has 2 rings (SSSR count). The van der Waals surface area contributed by atoms with E-state index in [4.69, 9.17) is 0 Å². The first-order valence-electron chi connectivity index (χ1n) is 6.45. The molecule has 0 radical (unpaired) electrons. The minimum Gasteiger partial charge on any atom is -0.356 e. The van der Waals surface area contributed by atoms with Gasteiger partial charge in [-0.05, 0) is 59.2 Å². The molecule has 0 saturated carbocycles. The van der Waals surface area contributed by atoms with Gasteiger partial charge in [0.2, 0.25) is 0 Å². The zero-order valence-corrected chi connectivity index (χ0v) is 12.5. The van der Waals surface area contributed by atoms with E-state index in [1.165, 1.54) is 18.4 Å². The Morgan fingerprint density at radius 1 is 1.35 bits per heavy atom. The van der Waals surface area contributed by atoms with Crippen LogP contribution in [0.25, 0.3) is 0 Å². The molecule has 3 heteroatoms. The number of piperidine rings is 1. The molecule has 0 aromatic carbocycles. The summed E-state index contributed by atoms with van der Waals surface area (Å²) in [5, 5.41) is 0. The topological polar surface area (TPSA) is 16.1 Å². The number of anilines is 1. The Morgan fingerprint density at radius 2 is 2.00 bits per heavy atom. The summed E-state index contributed by atoms with van der Waals surface area (Å²) in [5.41, 5.74) is 1.27. The predicted molar refractivity (Wildman–Crippen MR) is 76.4 cm³/mol. The predicted octanol–water partition coefficient (Wildman–Crippen LogP) is 4.02. The Bertz CT molecular complexity index is 382. The zero-order chi connectivity index (χ0) is 12.4. The lowest BCUT2D eigenvalue weighted by Gasteiger charge is -2.35. The van der Waals surface area contributed by atoms with E-state index in [9.17, 15) is 0 Å². The number of pyridine rings is 1. The van der Waals surface area contributed by atoms with Gasteiger partial charge in [0.05, 0.1) is 0 Å². The molecule has 0 atom stereocenters. The molecule has 0 unspecified atom stereocenters. The molecule has 17 heavy (non-hydrogen) atoms. The van der Waals surface area contributed by atoms with E-state index in [2.05, 4.69) is 52.7 Å². The van der Waals surface area contributed by atoms with Crippen molar-refractivity contribution < 1.29 is 0 Å². The van der Waals surface area contributed by atoms with E-state index < -0.39 is 0 Å². The van der Waals surface area contributed by atoms with Crippen LogP contribution in [0.15, 0.2) is 16.7 Å². The van der Waals surface area contributed by atoms with Gasteiger partial charge in [-0.3, -0.25) is 0 Å². The van der Waals surface area contributed by atoms with Gasteiger partial charge in [-0.2, -0.15) is 0 Å². The Morgan fingerprint density at radius 3 is 2.53 bits per heavy atom. The van der Waals surface area contributed by atoms with Crippen molar-refractivity contribution in [2.24, 2.45) is 11.8 Å². The molecular formula is C14H21BrN2. The summed E-state index contributed by atoms with van der Waals surface area (Å²) in [6.45, 7) is 9.12. The fourth-order valence-electron chi connectivity index (χ4n) is 2.64. The van der Waals surface area contributed by atoms with Crippen LogP contribution in [-0.4, -0.2) is 18.1 Å². The minimum atomic E-state index is 0.816. The van der Waals surface area contributed by atoms with Crippen LogP contribution in [-0.2, 0) is 0 Å². The molecule has 94 valence electrons. The number of hydrogen-bond donors (Lipinski definition) is 0. The maximum absolute atomic E-state index is 4.55. The van der Waals surface area contributed by atoms with Crippen molar-refractivity contribution in [1.82, 2.24) is 4.98 Å². The van der Waals surface area contributed by atoms with Crippen molar-refractivity contribution in [2.75, 3.05) is 18.0 Å². The largest absolute Gasteiger partial charge is 0.356 e. The highest BCUT2D eigenvalue weighted by molar-refractivity contribution is 9.10. The fourth-order valence-corrected chi connectivity index (χ4v) is 3.09. The number of rotatable bonds is 2. The number of aromatic nitrogens is 1. The molecule has 0 N–H and O–H groups in total. The molecule has 1 aromatic rings. The molecule has 0 amide bonds. The smallest absolute Gasteiger partial charge is 0.131 e. The second-order valence-electron chi connectivity index (χ2n) is 5.36. The second-order valence-corrected chi connectivity index (χ2v) is 6.28. The molecule has 0 aliphatic carbocycles. The molecule has 0 bridgehead atoms. The zero-order valence-electron chi connectivity index (χ0n) is 10.9. The first kappa shape index (κ1) is 12.9. The van der Waals surface area contributed by atoms with Gasteiger partial charge in [-0.25, -0.2) is 4.98 Å². The van der Waals surface area contributed by atoms with Crippen LogP contribution in [0.2, 0.25) is 0 Å². The van der Waals surface area contributed by atoms with E-state index in [-0.39, 0.29) is 0 Å². The van der Waals surface area contributed by atoms with Gasteiger partial charge in [0, 0.05) is 23.8 Å². The first-order valence-corrected chi connectivity index (χ1v) is 7.24. The highest BCUT2D eigenvalue weighted by Crippen LogP contribution is 2.29. The third-order valence-electron chi connectivity index (χ3n) is 3.80. The molecule has 0 spiro atoms. The van der Waals surface area contributed by atoms with Crippen LogP contribution in [0.5, 0.6) is 0 Å². The Hall–Kier alpha value is -0.570. The van der Waals surface area contributed by atoms with Crippen LogP contribution in [0.4, 0.5) is 5.82 Å². The molecular weight excluding hydrogens is 276 g/mol. The molecule has 1 aliphatic heterocycles.